The molecule has 1 unspecified atom stereocenters. The lowest BCUT2D eigenvalue weighted by molar-refractivity contribution is -0.133. The highest BCUT2D eigenvalue weighted by atomic mass is 16.5. The fourth-order valence-electron chi connectivity index (χ4n) is 9.50. The lowest BCUT2D eigenvalue weighted by atomic mass is 9.69. The smallest absolute Gasteiger partial charge is 0.258 e. The number of aromatic hydroxyl groups is 1. The topological polar surface area (TPSA) is 113 Å². The third-order valence-electron chi connectivity index (χ3n) is 12.4. The van der Waals surface area contributed by atoms with Crippen LogP contribution in [0.4, 0.5) is 5.69 Å². The van der Waals surface area contributed by atoms with Crippen LogP contribution in [-0.4, -0.2) is 76.7 Å². The fourth-order valence-corrected chi connectivity index (χ4v) is 9.50. The van der Waals surface area contributed by atoms with Gasteiger partial charge in [0.2, 0.25) is 0 Å². The Morgan fingerprint density at radius 2 is 1.57 bits per heavy atom. The Bertz CT molecular complexity index is 2340. The third-order valence-corrected chi connectivity index (χ3v) is 12.4. The van der Waals surface area contributed by atoms with Crippen molar-refractivity contribution in [3.63, 3.8) is 0 Å². The molecule has 3 heterocycles. The van der Waals surface area contributed by atoms with Gasteiger partial charge in [-0.3, -0.25) is 24.3 Å². The van der Waals surface area contributed by atoms with Crippen molar-refractivity contribution in [2.75, 3.05) is 38.2 Å². The number of carbonyl (C=O) groups is 3. The van der Waals surface area contributed by atoms with E-state index in [9.17, 15) is 19.5 Å². The van der Waals surface area contributed by atoms with E-state index in [1.54, 1.807) is 18.1 Å². The molecule has 10 heteroatoms. The Morgan fingerprint density at radius 3 is 2.34 bits per heavy atom. The van der Waals surface area contributed by atoms with Crippen molar-refractivity contribution in [3.05, 3.63) is 148 Å². The summed E-state index contributed by atoms with van der Waals surface area (Å²) in [5, 5.41) is 10.2. The molecule has 2 aliphatic carbocycles. The number of piperazine rings is 1. The Balaban J connectivity index is 0.812. The number of amides is 1. The number of aromatic nitrogens is 1. The summed E-state index contributed by atoms with van der Waals surface area (Å²) < 4.78 is 12.0. The number of aryl methyl sites for hydroxylation is 1. The van der Waals surface area contributed by atoms with E-state index >= 15 is 0 Å². The summed E-state index contributed by atoms with van der Waals surface area (Å²) >= 11 is 0. The molecule has 1 N–H and O–H groups in total. The first-order valence-corrected chi connectivity index (χ1v) is 20.4. The van der Waals surface area contributed by atoms with Gasteiger partial charge in [0, 0.05) is 63.4 Å². The minimum atomic E-state index is -0.559. The van der Waals surface area contributed by atoms with E-state index in [2.05, 4.69) is 82.6 Å². The van der Waals surface area contributed by atoms with Crippen LogP contribution in [0.5, 0.6) is 17.2 Å². The van der Waals surface area contributed by atoms with Gasteiger partial charge in [-0.25, -0.2) is 0 Å². The Hall–Kier alpha value is -6.00. The second kappa shape index (κ2) is 16.1. The SMILES string of the molecule is COc1cc(N2CCN(Cc3cccc(COc4ccc([C@@H]5c6ccc(O)cc6CC[C@@H]5c5ccccc5)cc4)n3)CC2)cc2c1C(=O)N(C1CCC(=O)CC1=O)C2. The summed E-state index contributed by atoms with van der Waals surface area (Å²) in [5.41, 5.74) is 9.31. The number of carbonyl (C=O) groups excluding carboxylic acids is 3. The Morgan fingerprint density at radius 1 is 0.776 bits per heavy atom. The number of pyridine rings is 1. The molecule has 4 aromatic carbocycles. The minimum absolute atomic E-state index is 0.0528. The molecule has 10 nitrogen and oxygen atoms in total. The number of methoxy groups -OCH3 is 1. The maximum atomic E-state index is 13.5. The quantitative estimate of drug-likeness (QED) is 0.147. The maximum absolute atomic E-state index is 13.5. The molecule has 1 saturated carbocycles. The van der Waals surface area contributed by atoms with E-state index < -0.39 is 6.04 Å². The molecule has 58 heavy (non-hydrogen) atoms. The van der Waals surface area contributed by atoms with E-state index in [1.165, 1.54) is 22.3 Å². The second-order valence-corrected chi connectivity index (χ2v) is 16.0. The van der Waals surface area contributed by atoms with Crippen LogP contribution in [-0.2, 0) is 35.7 Å². The van der Waals surface area contributed by atoms with Crippen molar-refractivity contribution in [3.8, 4) is 17.2 Å². The Labute approximate surface area is 339 Å². The van der Waals surface area contributed by atoms with Gasteiger partial charge < -0.3 is 24.4 Å². The molecule has 5 aromatic rings. The van der Waals surface area contributed by atoms with E-state index in [-0.39, 0.29) is 29.8 Å². The number of phenols is 1. The molecular weight excluding hydrogens is 729 g/mol. The summed E-state index contributed by atoms with van der Waals surface area (Å²) in [6.07, 6.45) is 2.57. The number of ketones is 2. The molecule has 296 valence electrons. The first-order valence-electron chi connectivity index (χ1n) is 20.4. The van der Waals surface area contributed by atoms with Crippen LogP contribution in [0.2, 0.25) is 0 Å². The van der Waals surface area contributed by atoms with Gasteiger partial charge in [-0.2, -0.15) is 0 Å². The lowest BCUT2D eigenvalue weighted by Crippen LogP contribution is -2.46. The van der Waals surface area contributed by atoms with Crippen LogP contribution in [0.3, 0.4) is 0 Å². The van der Waals surface area contributed by atoms with Gasteiger partial charge in [0.1, 0.15) is 29.6 Å². The monoisotopic (exact) mass is 776 g/mol. The number of phenolic OH excluding ortho intramolecular Hbond substituents is 1. The average molecular weight is 777 g/mol. The number of benzene rings is 4. The van der Waals surface area contributed by atoms with Gasteiger partial charge >= 0.3 is 0 Å². The van der Waals surface area contributed by atoms with E-state index in [4.69, 9.17) is 14.5 Å². The predicted molar refractivity (Wildman–Crippen MR) is 220 cm³/mol. The average Bonchev–Trinajstić information content (AvgIpc) is 3.58. The third kappa shape index (κ3) is 7.56. The zero-order valence-corrected chi connectivity index (χ0v) is 32.8. The first kappa shape index (κ1) is 37.6. The van der Waals surface area contributed by atoms with Crippen LogP contribution < -0.4 is 14.4 Å². The van der Waals surface area contributed by atoms with Crippen LogP contribution >= 0.6 is 0 Å². The van der Waals surface area contributed by atoms with Crippen LogP contribution in [0.15, 0.2) is 103 Å². The molecular formula is C48H48N4O6. The van der Waals surface area contributed by atoms with E-state index in [1.807, 2.05) is 24.3 Å². The minimum Gasteiger partial charge on any atom is -0.508 e. The highest BCUT2D eigenvalue weighted by Gasteiger charge is 2.41. The molecule has 0 radical (unpaired) electrons. The molecule has 2 fully saturated rings. The molecule has 1 aromatic heterocycles. The number of Topliss-reactive ketones (excluding diaryl/α,β-unsaturated/α-hetero) is 2. The van der Waals surface area contributed by atoms with Crippen LogP contribution in [0.1, 0.15) is 87.1 Å². The predicted octanol–water partition coefficient (Wildman–Crippen LogP) is 7.21. The van der Waals surface area contributed by atoms with Crippen molar-refractivity contribution in [1.29, 1.82) is 0 Å². The summed E-state index contributed by atoms with van der Waals surface area (Å²) in [5.74, 6) is 1.74. The van der Waals surface area contributed by atoms with Gasteiger partial charge in [0.15, 0.2) is 5.78 Å². The highest BCUT2D eigenvalue weighted by Crippen LogP contribution is 2.47. The number of hydrogen-bond acceptors (Lipinski definition) is 9. The number of fused-ring (bicyclic) bond motifs is 2. The maximum Gasteiger partial charge on any atom is 0.258 e. The standard InChI is InChI=1S/C48H48N4O6/c1-57-45-26-37(24-34-28-52(48(56)47(34)45)43-19-14-39(54)27-44(43)55)51-22-20-50(21-23-51)29-35-8-5-9-36(49-35)30-58-40-15-10-32(11-16-40)46-41(31-6-3-2-4-7-31)17-12-33-25-38(53)13-18-42(33)46/h2-11,13,15-16,18,24-26,41,43,46,53H,12,14,17,19-23,27-30H2,1H3/t41-,43?,46+/m1/s1. The van der Waals surface area contributed by atoms with Gasteiger partial charge in [0.05, 0.1) is 36.5 Å². The molecule has 0 bridgehead atoms. The molecule has 2 aliphatic heterocycles. The number of ether oxygens (including phenoxy) is 2. The summed E-state index contributed by atoms with van der Waals surface area (Å²) in [6, 6.07) is 34.6. The molecule has 3 atom stereocenters. The number of rotatable bonds is 10. The zero-order chi connectivity index (χ0) is 39.8. The molecule has 4 aliphatic rings. The van der Waals surface area contributed by atoms with E-state index in [0.29, 0.717) is 49.0 Å². The fraction of sp³-hybridized carbons (Fsp3) is 0.333. The Kier molecular flexibility index (Phi) is 10.4. The normalized spacial score (nSPS) is 20.8. The summed E-state index contributed by atoms with van der Waals surface area (Å²) in [6.45, 7) is 4.76. The first-order chi connectivity index (χ1) is 28.3. The van der Waals surface area contributed by atoms with Gasteiger partial charge in [-0.1, -0.05) is 54.6 Å². The highest BCUT2D eigenvalue weighted by molar-refractivity contribution is 6.08. The molecule has 1 amide bonds. The molecule has 1 saturated heterocycles. The second-order valence-electron chi connectivity index (χ2n) is 16.0. The van der Waals surface area contributed by atoms with Crippen molar-refractivity contribution < 1.29 is 29.0 Å². The zero-order valence-electron chi connectivity index (χ0n) is 32.8. The number of nitrogens with zero attached hydrogens (tertiary/aromatic N) is 4. The summed E-state index contributed by atoms with van der Waals surface area (Å²) in [7, 11) is 1.58. The van der Waals surface area contributed by atoms with Crippen molar-refractivity contribution in [2.24, 2.45) is 0 Å². The van der Waals surface area contributed by atoms with Gasteiger partial charge in [-0.15, -0.1) is 0 Å². The van der Waals surface area contributed by atoms with Gasteiger partial charge in [-0.05, 0) is 95.5 Å². The van der Waals surface area contributed by atoms with Crippen molar-refractivity contribution in [2.45, 2.75) is 69.7 Å². The van der Waals surface area contributed by atoms with Crippen LogP contribution in [0, 0.1) is 0 Å². The van der Waals surface area contributed by atoms with Crippen molar-refractivity contribution in [1.82, 2.24) is 14.8 Å². The molecule has 0 spiro atoms. The number of anilines is 1. The number of hydrogen-bond donors (Lipinski definition) is 1. The summed E-state index contributed by atoms with van der Waals surface area (Å²) in [4.78, 5) is 49.3. The largest absolute Gasteiger partial charge is 0.508 e. The van der Waals surface area contributed by atoms with Crippen LogP contribution in [0.25, 0.3) is 0 Å². The lowest BCUT2D eigenvalue weighted by Gasteiger charge is -2.36. The van der Waals surface area contributed by atoms with Gasteiger partial charge in [0.25, 0.3) is 5.91 Å². The van der Waals surface area contributed by atoms with Crippen molar-refractivity contribution >= 4 is 23.2 Å². The van der Waals surface area contributed by atoms with E-state index in [0.717, 1.165) is 74.0 Å². The molecule has 9 rings (SSSR count).